The Morgan fingerprint density at radius 3 is 2.71 bits per heavy atom. The van der Waals surface area contributed by atoms with E-state index in [1.54, 1.807) is 7.11 Å². The molecule has 21 heavy (non-hydrogen) atoms. The number of nitrogens with one attached hydrogen (secondary N) is 1. The average Bonchev–Trinajstić information content (AvgIpc) is 3.02. The van der Waals surface area contributed by atoms with Gasteiger partial charge in [0.25, 0.3) is 0 Å². The van der Waals surface area contributed by atoms with E-state index in [0.29, 0.717) is 19.7 Å². The van der Waals surface area contributed by atoms with Crippen molar-refractivity contribution in [2.24, 2.45) is 0 Å². The van der Waals surface area contributed by atoms with Crippen LogP contribution in [0.25, 0.3) is 0 Å². The van der Waals surface area contributed by atoms with E-state index in [2.05, 4.69) is 24.4 Å². The molecule has 2 rings (SSSR count). The van der Waals surface area contributed by atoms with Gasteiger partial charge in [0.15, 0.2) is 0 Å². The Balaban J connectivity index is 2.12. The summed E-state index contributed by atoms with van der Waals surface area (Å²) in [6, 6.07) is 10.1. The molecule has 1 aromatic carbocycles. The topological polar surface area (TPSA) is 41.6 Å². The molecule has 1 fully saturated rings. The molecule has 0 bridgehead atoms. The van der Waals surface area contributed by atoms with Crippen molar-refractivity contribution in [2.75, 3.05) is 26.8 Å². The lowest BCUT2D eigenvalue weighted by atomic mass is 9.92. The lowest BCUT2D eigenvalue weighted by Gasteiger charge is -2.34. The molecule has 0 radical (unpaired) electrons. The second-order valence-corrected chi connectivity index (χ2v) is 5.67. The maximum atomic E-state index is 13.0. The van der Waals surface area contributed by atoms with E-state index < -0.39 is 0 Å². The van der Waals surface area contributed by atoms with Crippen LogP contribution in [0.15, 0.2) is 30.3 Å². The maximum Gasteiger partial charge on any atom is 0.243 e. The van der Waals surface area contributed by atoms with Crippen LogP contribution in [0.2, 0.25) is 0 Å². The fourth-order valence-electron chi connectivity index (χ4n) is 3.00. The Bertz CT molecular complexity index is 441. The predicted molar refractivity (Wildman–Crippen MR) is 84.0 cm³/mol. The van der Waals surface area contributed by atoms with Gasteiger partial charge in [-0.3, -0.25) is 4.79 Å². The van der Waals surface area contributed by atoms with Crippen molar-refractivity contribution in [3.05, 3.63) is 35.9 Å². The highest BCUT2D eigenvalue weighted by Crippen LogP contribution is 2.26. The standard InChI is InChI=1S/C17H26N2O2/c1-3-17(10-7-11-18-17)16(20)19(12-13-21-2)14-15-8-5-4-6-9-15/h4-6,8-9,18H,3,7,10-14H2,1-2H3. The van der Waals surface area contributed by atoms with E-state index in [-0.39, 0.29) is 11.4 Å². The van der Waals surface area contributed by atoms with Gasteiger partial charge in [0.2, 0.25) is 5.91 Å². The molecular formula is C17H26N2O2. The van der Waals surface area contributed by atoms with Crippen LogP contribution in [0.3, 0.4) is 0 Å². The van der Waals surface area contributed by atoms with E-state index in [1.807, 2.05) is 23.1 Å². The number of carbonyl (C=O) groups is 1. The van der Waals surface area contributed by atoms with Crippen LogP contribution >= 0.6 is 0 Å². The molecule has 1 aliphatic heterocycles. The van der Waals surface area contributed by atoms with E-state index >= 15 is 0 Å². The highest BCUT2D eigenvalue weighted by atomic mass is 16.5. The fourth-order valence-corrected chi connectivity index (χ4v) is 3.00. The molecule has 1 aliphatic rings. The number of ether oxygens (including phenoxy) is 1. The van der Waals surface area contributed by atoms with Gasteiger partial charge in [-0.25, -0.2) is 0 Å². The van der Waals surface area contributed by atoms with Gasteiger partial charge in [0.05, 0.1) is 12.1 Å². The summed E-state index contributed by atoms with van der Waals surface area (Å²) in [7, 11) is 1.68. The number of methoxy groups -OCH3 is 1. The van der Waals surface area contributed by atoms with Crippen LogP contribution in [0, 0.1) is 0 Å². The van der Waals surface area contributed by atoms with Crippen LogP contribution in [0.5, 0.6) is 0 Å². The molecule has 1 amide bonds. The first kappa shape index (κ1) is 16.0. The molecule has 0 saturated carbocycles. The van der Waals surface area contributed by atoms with E-state index in [0.717, 1.165) is 31.4 Å². The molecule has 0 aromatic heterocycles. The van der Waals surface area contributed by atoms with Gasteiger partial charge in [-0.05, 0) is 31.4 Å². The molecule has 1 N–H and O–H groups in total. The van der Waals surface area contributed by atoms with Gasteiger partial charge in [0.1, 0.15) is 0 Å². The zero-order valence-corrected chi connectivity index (χ0v) is 13.1. The number of amides is 1. The van der Waals surface area contributed by atoms with E-state index in [9.17, 15) is 4.79 Å². The zero-order chi connectivity index (χ0) is 15.1. The van der Waals surface area contributed by atoms with Crippen molar-refractivity contribution in [3.8, 4) is 0 Å². The Labute approximate surface area is 127 Å². The monoisotopic (exact) mass is 290 g/mol. The SMILES string of the molecule is CCC1(C(=O)N(CCOC)Cc2ccccc2)CCCN1. The summed E-state index contributed by atoms with van der Waals surface area (Å²) in [4.78, 5) is 14.9. The summed E-state index contributed by atoms with van der Waals surface area (Å²) < 4.78 is 5.18. The average molecular weight is 290 g/mol. The molecule has 116 valence electrons. The molecule has 1 aromatic rings. The first-order valence-electron chi connectivity index (χ1n) is 7.79. The second-order valence-electron chi connectivity index (χ2n) is 5.67. The molecule has 4 nitrogen and oxygen atoms in total. The zero-order valence-electron chi connectivity index (χ0n) is 13.1. The molecular weight excluding hydrogens is 264 g/mol. The summed E-state index contributed by atoms with van der Waals surface area (Å²) in [6.45, 7) is 4.87. The third-order valence-corrected chi connectivity index (χ3v) is 4.33. The van der Waals surface area contributed by atoms with Crippen molar-refractivity contribution in [3.63, 3.8) is 0 Å². The minimum absolute atomic E-state index is 0.211. The van der Waals surface area contributed by atoms with E-state index in [4.69, 9.17) is 4.74 Å². The first-order valence-corrected chi connectivity index (χ1v) is 7.79. The molecule has 0 aliphatic carbocycles. The van der Waals surface area contributed by atoms with Crippen molar-refractivity contribution in [1.82, 2.24) is 10.2 Å². The van der Waals surface area contributed by atoms with Gasteiger partial charge >= 0.3 is 0 Å². The van der Waals surface area contributed by atoms with Crippen LogP contribution in [-0.2, 0) is 16.1 Å². The number of benzene rings is 1. The predicted octanol–water partition coefficient (Wildman–Crippen LogP) is 2.19. The van der Waals surface area contributed by atoms with Crippen molar-refractivity contribution in [1.29, 1.82) is 0 Å². The van der Waals surface area contributed by atoms with Gasteiger partial charge in [-0.2, -0.15) is 0 Å². The lowest BCUT2D eigenvalue weighted by Crippen LogP contribution is -2.54. The number of carbonyl (C=O) groups excluding carboxylic acids is 1. The minimum atomic E-state index is -0.372. The lowest BCUT2D eigenvalue weighted by molar-refractivity contribution is -0.139. The van der Waals surface area contributed by atoms with Crippen molar-refractivity contribution < 1.29 is 9.53 Å². The minimum Gasteiger partial charge on any atom is -0.383 e. The molecule has 1 heterocycles. The third-order valence-electron chi connectivity index (χ3n) is 4.33. The molecule has 1 saturated heterocycles. The van der Waals surface area contributed by atoms with Crippen LogP contribution < -0.4 is 5.32 Å². The van der Waals surface area contributed by atoms with Crippen molar-refractivity contribution in [2.45, 2.75) is 38.3 Å². The third kappa shape index (κ3) is 3.83. The Morgan fingerprint density at radius 2 is 2.14 bits per heavy atom. The van der Waals surface area contributed by atoms with Crippen LogP contribution in [-0.4, -0.2) is 43.2 Å². The van der Waals surface area contributed by atoms with Gasteiger partial charge in [-0.1, -0.05) is 37.3 Å². The Morgan fingerprint density at radius 1 is 1.38 bits per heavy atom. The number of nitrogens with zero attached hydrogens (tertiary/aromatic N) is 1. The van der Waals surface area contributed by atoms with E-state index in [1.165, 1.54) is 0 Å². The summed E-state index contributed by atoms with van der Waals surface area (Å²) in [6.07, 6.45) is 2.84. The highest BCUT2D eigenvalue weighted by molar-refractivity contribution is 5.86. The Kier molecular flexibility index (Phi) is 5.76. The van der Waals surface area contributed by atoms with Crippen LogP contribution in [0.4, 0.5) is 0 Å². The summed E-state index contributed by atoms with van der Waals surface area (Å²) in [5.41, 5.74) is 0.786. The maximum absolute atomic E-state index is 13.0. The summed E-state index contributed by atoms with van der Waals surface area (Å²) in [5.74, 6) is 0.211. The highest BCUT2D eigenvalue weighted by Gasteiger charge is 2.41. The van der Waals surface area contributed by atoms with Gasteiger partial charge < -0.3 is 15.0 Å². The number of rotatable bonds is 7. The largest absolute Gasteiger partial charge is 0.383 e. The normalized spacial score (nSPS) is 21.4. The molecule has 1 unspecified atom stereocenters. The number of hydrogen-bond acceptors (Lipinski definition) is 3. The fraction of sp³-hybridized carbons (Fsp3) is 0.588. The van der Waals surface area contributed by atoms with Crippen molar-refractivity contribution >= 4 is 5.91 Å². The van der Waals surface area contributed by atoms with Gasteiger partial charge in [0, 0.05) is 20.2 Å². The second kappa shape index (κ2) is 7.57. The smallest absolute Gasteiger partial charge is 0.243 e. The van der Waals surface area contributed by atoms with Gasteiger partial charge in [-0.15, -0.1) is 0 Å². The Hall–Kier alpha value is -1.39. The number of hydrogen-bond donors (Lipinski definition) is 1. The quantitative estimate of drug-likeness (QED) is 0.837. The summed E-state index contributed by atoms with van der Waals surface area (Å²) >= 11 is 0. The first-order chi connectivity index (χ1) is 10.2. The summed E-state index contributed by atoms with van der Waals surface area (Å²) in [5, 5.41) is 3.43. The molecule has 4 heteroatoms. The van der Waals surface area contributed by atoms with Crippen LogP contribution in [0.1, 0.15) is 31.7 Å². The molecule has 1 atom stereocenters. The molecule has 0 spiro atoms.